The van der Waals surface area contributed by atoms with Gasteiger partial charge in [-0.25, -0.2) is 9.97 Å². The van der Waals surface area contributed by atoms with Gasteiger partial charge in [-0.2, -0.15) is 0 Å². The molecule has 5 heteroatoms. The number of anilines is 1. The average molecular weight is 253 g/mol. The van der Waals surface area contributed by atoms with Crippen molar-refractivity contribution in [3.63, 3.8) is 0 Å². The zero-order valence-corrected chi connectivity index (χ0v) is 8.95. The molecule has 4 nitrogen and oxygen atoms in total. The first-order chi connectivity index (χ1) is 6.84. The molecule has 2 aromatic rings. The van der Waals surface area contributed by atoms with E-state index in [4.69, 9.17) is 0 Å². The monoisotopic (exact) mass is 252 g/mol. The Kier molecular flexibility index (Phi) is 2.78. The Balaban J connectivity index is 1.98. The molecule has 2 aromatic heterocycles. The molecule has 0 aliphatic rings. The molecule has 0 unspecified atom stereocenters. The summed E-state index contributed by atoms with van der Waals surface area (Å²) in [5, 5.41) is 3.15. The second-order valence-electron chi connectivity index (χ2n) is 2.73. The molecular weight excluding hydrogens is 244 g/mol. The number of hydrogen-bond acceptors (Lipinski definition) is 3. The second kappa shape index (κ2) is 4.23. The van der Waals surface area contributed by atoms with Gasteiger partial charge in [-0.1, -0.05) is 6.07 Å². The van der Waals surface area contributed by atoms with Crippen LogP contribution in [0.5, 0.6) is 0 Å². The molecule has 0 amide bonds. The highest BCUT2D eigenvalue weighted by atomic mass is 79.9. The van der Waals surface area contributed by atoms with Crippen molar-refractivity contribution in [2.24, 2.45) is 0 Å². The zero-order chi connectivity index (χ0) is 9.80. The van der Waals surface area contributed by atoms with Crippen molar-refractivity contribution in [3.05, 3.63) is 41.0 Å². The summed E-state index contributed by atoms with van der Waals surface area (Å²) in [6.07, 6.45) is 3.52. The predicted molar refractivity (Wildman–Crippen MR) is 57.9 cm³/mol. The summed E-state index contributed by atoms with van der Waals surface area (Å²) in [7, 11) is 0. The summed E-state index contributed by atoms with van der Waals surface area (Å²) in [5.41, 5.74) is 0. The summed E-state index contributed by atoms with van der Waals surface area (Å²) < 4.78 is 0.821. The minimum absolute atomic E-state index is 0.649. The molecule has 2 N–H and O–H groups in total. The molecule has 0 aromatic carbocycles. The summed E-state index contributed by atoms with van der Waals surface area (Å²) in [6, 6.07) is 5.73. The Labute approximate surface area is 89.9 Å². The van der Waals surface area contributed by atoms with Gasteiger partial charge in [0.05, 0.1) is 6.54 Å². The van der Waals surface area contributed by atoms with Crippen LogP contribution in [0, 0.1) is 0 Å². The number of rotatable bonds is 3. The van der Waals surface area contributed by atoms with Gasteiger partial charge in [-0.05, 0) is 28.1 Å². The molecule has 0 aliphatic heterocycles. The molecule has 0 saturated heterocycles. The van der Waals surface area contributed by atoms with E-state index in [1.807, 2.05) is 18.2 Å². The third kappa shape index (κ3) is 2.32. The van der Waals surface area contributed by atoms with Crippen molar-refractivity contribution in [2.45, 2.75) is 6.54 Å². The Bertz CT molecular complexity index is 399. The van der Waals surface area contributed by atoms with E-state index < -0.39 is 0 Å². The van der Waals surface area contributed by atoms with Gasteiger partial charge in [-0.3, -0.25) is 0 Å². The number of H-pyrrole nitrogens is 1. The van der Waals surface area contributed by atoms with Crippen LogP contribution in [0.3, 0.4) is 0 Å². The van der Waals surface area contributed by atoms with Crippen molar-refractivity contribution >= 4 is 21.7 Å². The highest BCUT2D eigenvalue weighted by Gasteiger charge is 1.96. The number of pyridine rings is 1. The van der Waals surface area contributed by atoms with Gasteiger partial charge >= 0.3 is 0 Å². The zero-order valence-electron chi connectivity index (χ0n) is 7.37. The molecule has 0 bridgehead atoms. The highest BCUT2D eigenvalue weighted by Crippen LogP contribution is 2.10. The molecule has 2 rings (SSSR count). The first kappa shape index (κ1) is 9.21. The Hall–Kier alpha value is -1.36. The normalized spacial score (nSPS) is 10.1. The molecule has 2 heterocycles. The Morgan fingerprint density at radius 3 is 3.07 bits per heavy atom. The minimum atomic E-state index is 0.649. The number of aromatic nitrogens is 3. The third-order valence-corrected chi connectivity index (χ3v) is 2.15. The van der Waals surface area contributed by atoms with Gasteiger partial charge in [0, 0.05) is 12.4 Å². The molecule has 14 heavy (non-hydrogen) atoms. The van der Waals surface area contributed by atoms with E-state index in [9.17, 15) is 0 Å². The maximum absolute atomic E-state index is 4.24. The lowest BCUT2D eigenvalue weighted by molar-refractivity contribution is 0.986. The van der Waals surface area contributed by atoms with Gasteiger partial charge in [-0.15, -0.1) is 0 Å². The fourth-order valence-corrected chi connectivity index (χ4v) is 1.42. The van der Waals surface area contributed by atoms with Crippen LogP contribution in [-0.4, -0.2) is 15.0 Å². The quantitative estimate of drug-likeness (QED) is 0.824. The van der Waals surface area contributed by atoms with Crippen molar-refractivity contribution in [2.75, 3.05) is 5.32 Å². The van der Waals surface area contributed by atoms with Crippen LogP contribution < -0.4 is 5.32 Å². The molecule has 0 radical (unpaired) electrons. The van der Waals surface area contributed by atoms with Crippen LogP contribution in [0.2, 0.25) is 0 Å². The van der Waals surface area contributed by atoms with E-state index in [-0.39, 0.29) is 0 Å². The lowest BCUT2D eigenvalue weighted by Crippen LogP contribution is -2.02. The number of nitrogens with zero attached hydrogens (tertiary/aromatic N) is 2. The van der Waals surface area contributed by atoms with Gasteiger partial charge < -0.3 is 10.3 Å². The number of nitrogens with one attached hydrogen (secondary N) is 2. The largest absolute Gasteiger partial charge is 0.363 e. The fraction of sp³-hybridized carbons (Fsp3) is 0.111. The predicted octanol–water partition coefficient (Wildman–Crippen LogP) is 2.18. The summed E-state index contributed by atoms with van der Waals surface area (Å²) in [5.74, 6) is 1.72. The second-order valence-corrected chi connectivity index (χ2v) is 3.55. The van der Waals surface area contributed by atoms with E-state index in [2.05, 4.69) is 36.2 Å². The maximum Gasteiger partial charge on any atom is 0.127 e. The van der Waals surface area contributed by atoms with Crippen molar-refractivity contribution in [1.29, 1.82) is 0 Å². The first-order valence-corrected chi connectivity index (χ1v) is 4.98. The number of halogens is 1. The summed E-state index contributed by atoms with van der Waals surface area (Å²) in [4.78, 5) is 11.3. The van der Waals surface area contributed by atoms with Crippen molar-refractivity contribution in [3.8, 4) is 0 Å². The van der Waals surface area contributed by atoms with Crippen LogP contribution in [0.15, 0.2) is 35.2 Å². The maximum atomic E-state index is 4.24. The lowest BCUT2D eigenvalue weighted by Gasteiger charge is -2.02. The SMILES string of the molecule is Brc1cccc(NCc2ncc[nH]2)n1. The molecule has 0 spiro atoms. The van der Waals surface area contributed by atoms with Crippen LogP contribution in [-0.2, 0) is 6.54 Å². The average Bonchev–Trinajstić information content (AvgIpc) is 2.67. The van der Waals surface area contributed by atoms with E-state index in [0.717, 1.165) is 16.2 Å². The fourth-order valence-electron chi connectivity index (χ4n) is 1.08. The number of aromatic amines is 1. The van der Waals surface area contributed by atoms with Crippen LogP contribution in [0.1, 0.15) is 5.82 Å². The lowest BCUT2D eigenvalue weighted by atomic mass is 10.4. The molecule has 0 atom stereocenters. The minimum Gasteiger partial charge on any atom is -0.363 e. The molecule has 0 saturated carbocycles. The van der Waals surface area contributed by atoms with Gasteiger partial charge in [0.15, 0.2) is 0 Å². The van der Waals surface area contributed by atoms with E-state index in [0.29, 0.717) is 6.54 Å². The van der Waals surface area contributed by atoms with Crippen LogP contribution in [0.25, 0.3) is 0 Å². The van der Waals surface area contributed by atoms with Crippen LogP contribution >= 0.6 is 15.9 Å². The Morgan fingerprint density at radius 1 is 1.43 bits per heavy atom. The van der Waals surface area contributed by atoms with E-state index in [1.165, 1.54) is 0 Å². The number of hydrogen-bond donors (Lipinski definition) is 2. The first-order valence-electron chi connectivity index (χ1n) is 4.19. The third-order valence-electron chi connectivity index (χ3n) is 1.71. The van der Waals surface area contributed by atoms with Gasteiger partial charge in [0.2, 0.25) is 0 Å². The van der Waals surface area contributed by atoms with E-state index in [1.54, 1.807) is 12.4 Å². The highest BCUT2D eigenvalue weighted by molar-refractivity contribution is 9.10. The van der Waals surface area contributed by atoms with E-state index >= 15 is 0 Å². The summed E-state index contributed by atoms with van der Waals surface area (Å²) >= 11 is 3.31. The standard InChI is InChI=1S/C9H9BrN4/c10-7-2-1-3-8(14-7)13-6-9-11-4-5-12-9/h1-5H,6H2,(H,11,12)(H,13,14). The Morgan fingerprint density at radius 2 is 2.36 bits per heavy atom. The molecule has 72 valence electrons. The summed E-state index contributed by atoms with van der Waals surface area (Å²) in [6.45, 7) is 0.649. The molecule has 0 fully saturated rings. The smallest absolute Gasteiger partial charge is 0.127 e. The van der Waals surface area contributed by atoms with Crippen molar-refractivity contribution in [1.82, 2.24) is 15.0 Å². The van der Waals surface area contributed by atoms with Crippen molar-refractivity contribution < 1.29 is 0 Å². The van der Waals surface area contributed by atoms with Gasteiger partial charge in [0.25, 0.3) is 0 Å². The van der Waals surface area contributed by atoms with Gasteiger partial charge in [0.1, 0.15) is 16.2 Å². The number of imidazole rings is 1. The topological polar surface area (TPSA) is 53.6 Å². The molecule has 0 aliphatic carbocycles. The van der Waals surface area contributed by atoms with Crippen LogP contribution in [0.4, 0.5) is 5.82 Å². The molecular formula is C9H9BrN4.